The van der Waals surface area contributed by atoms with E-state index in [1.165, 1.54) is 0 Å². The van der Waals surface area contributed by atoms with Gasteiger partial charge in [0.1, 0.15) is 0 Å². The van der Waals surface area contributed by atoms with Crippen LogP contribution in [0.1, 0.15) is 18.9 Å². The third kappa shape index (κ3) is 1.72. The molecule has 1 unspecified atom stereocenters. The van der Waals surface area contributed by atoms with Crippen molar-refractivity contribution in [3.8, 4) is 12.3 Å². The fourth-order valence-electron chi connectivity index (χ4n) is 2.17. The molecule has 1 aliphatic heterocycles. The molecule has 3 heteroatoms. The number of imide groups is 1. The fraction of sp³-hybridized carbons (Fsp3) is 0.286. The van der Waals surface area contributed by atoms with Crippen LogP contribution in [0.3, 0.4) is 0 Å². The number of hydrogen-bond acceptors (Lipinski definition) is 2. The molecule has 1 aromatic carbocycles. The Morgan fingerprint density at radius 3 is 2.59 bits per heavy atom. The van der Waals surface area contributed by atoms with Gasteiger partial charge in [-0.3, -0.25) is 14.5 Å². The van der Waals surface area contributed by atoms with Crippen LogP contribution in [0.4, 0.5) is 0 Å². The first-order valence-electron chi connectivity index (χ1n) is 5.43. The van der Waals surface area contributed by atoms with Crippen molar-refractivity contribution < 1.29 is 9.59 Å². The van der Waals surface area contributed by atoms with Gasteiger partial charge in [-0.2, -0.15) is 0 Å². The van der Waals surface area contributed by atoms with E-state index in [4.69, 9.17) is 6.42 Å². The second-order valence-electron chi connectivity index (χ2n) is 4.36. The highest BCUT2D eigenvalue weighted by Crippen LogP contribution is 2.35. The van der Waals surface area contributed by atoms with Crippen molar-refractivity contribution >= 4 is 11.8 Å². The van der Waals surface area contributed by atoms with Crippen molar-refractivity contribution in [3.63, 3.8) is 0 Å². The Morgan fingerprint density at radius 2 is 2.00 bits per heavy atom. The first-order valence-corrected chi connectivity index (χ1v) is 5.43. The summed E-state index contributed by atoms with van der Waals surface area (Å²) in [6.07, 6.45) is 5.36. The zero-order valence-electron chi connectivity index (χ0n) is 9.64. The largest absolute Gasteiger partial charge is 0.274 e. The second kappa shape index (κ2) is 4.06. The summed E-state index contributed by atoms with van der Waals surface area (Å²) in [4.78, 5) is 25.2. The minimum Gasteiger partial charge on any atom is -0.274 e. The summed E-state index contributed by atoms with van der Waals surface area (Å²) in [6.45, 7) is 1.85. The number of likely N-dealkylation sites (tertiary alicyclic amines) is 1. The molecular formula is C14H13NO2. The van der Waals surface area contributed by atoms with Crippen LogP contribution in [-0.2, 0) is 15.0 Å². The van der Waals surface area contributed by atoms with E-state index in [-0.39, 0.29) is 24.8 Å². The maximum atomic E-state index is 12.2. The minimum absolute atomic E-state index is 0.0556. The molecule has 1 fully saturated rings. The number of terminal acetylenes is 1. The lowest BCUT2D eigenvalue weighted by Gasteiger charge is -2.21. The zero-order chi connectivity index (χ0) is 12.5. The highest BCUT2D eigenvalue weighted by Gasteiger charge is 2.48. The molecule has 3 nitrogen and oxygen atoms in total. The summed E-state index contributed by atoms with van der Waals surface area (Å²) in [6, 6.07) is 9.34. The smallest absolute Gasteiger partial charge is 0.240 e. The van der Waals surface area contributed by atoms with E-state index in [2.05, 4.69) is 5.92 Å². The van der Waals surface area contributed by atoms with Crippen LogP contribution in [0.25, 0.3) is 0 Å². The van der Waals surface area contributed by atoms with Gasteiger partial charge in [0, 0.05) is 6.42 Å². The van der Waals surface area contributed by atoms with Gasteiger partial charge in [0.25, 0.3) is 0 Å². The summed E-state index contributed by atoms with van der Waals surface area (Å²) in [5.74, 6) is 1.95. The number of rotatable bonds is 2. The molecule has 1 heterocycles. The second-order valence-corrected chi connectivity index (χ2v) is 4.36. The Hall–Kier alpha value is -2.08. The molecule has 0 N–H and O–H groups in total. The summed E-state index contributed by atoms with van der Waals surface area (Å²) in [5, 5.41) is 0. The lowest BCUT2D eigenvalue weighted by atomic mass is 9.81. The minimum atomic E-state index is -0.769. The molecule has 1 saturated heterocycles. The number of carbonyl (C=O) groups is 2. The van der Waals surface area contributed by atoms with E-state index in [0.29, 0.717) is 0 Å². The van der Waals surface area contributed by atoms with E-state index >= 15 is 0 Å². The van der Waals surface area contributed by atoms with Crippen LogP contribution < -0.4 is 0 Å². The molecule has 0 saturated carbocycles. The van der Waals surface area contributed by atoms with Gasteiger partial charge in [-0.05, 0) is 12.5 Å². The molecule has 0 bridgehead atoms. The zero-order valence-corrected chi connectivity index (χ0v) is 9.64. The van der Waals surface area contributed by atoms with E-state index in [0.717, 1.165) is 10.5 Å². The molecule has 17 heavy (non-hydrogen) atoms. The third-order valence-electron chi connectivity index (χ3n) is 3.18. The van der Waals surface area contributed by atoms with Crippen LogP contribution in [0.5, 0.6) is 0 Å². The van der Waals surface area contributed by atoms with E-state index in [1.807, 2.05) is 30.3 Å². The normalized spacial score (nSPS) is 23.9. The summed E-state index contributed by atoms with van der Waals surface area (Å²) in [5.41, 5.74) is 0.0905. The van der Waals surface area contributed by atoms with Crippen LogP contribution in [0, 0.1) is 12.3 Å². The molecule has 2 rings (SSSR count). The molecule has 0 spiro atoms. The van der Waals surface area contributed by atoms with Crippen LogP contribution >= 0.6 is 0 Å². The molecule has 86 valence electrons. The first kappa shape index (κ1) is 11.4. The van der Waals surface area contributed by atoms with E-state index < -0.39 is 5.41 Å². The Morgan fingerprint density at radius 1 is 1.35 bits per heavy atom. The van der Waals surface area contributed by atoms with Gasteiger partial charge in [-0.25, -0.2) is 0 Å². The van der Waals surface area contributed by atoms with Gasteiger partial charge in [0.2, 0.25) is 11.8 Å². The molecule has 0 aromatic heterocycles. The fourth-order valence-corrected chi connectivity index (χ4v) is 2.17. The van der Waals surface area contributed by atoms with Crippen molar-refractivity contribution in [1.82, 2.24) is 4.90 Å². The van der Waals surface area contributed by atoms with Crippen molar-refractivity contribution in [2.45, 2.75) is 18.8 Å². The Labute approximate surface area is 100 Å². The molecule has 1 aromatic rings. The van der Waals surface area contributed by atoms with Crippen LogP contribution in [0.2, 0.25) is 0 Å². The number of hydrogen-bond donors (Lipinski definition) is 0. The van der Waals surface area contributed by atoms with Crippen molar-refractivity contribution in [2.24, 2.45) is 0 Å². The molecule has 1 atom stereocenters. The molecular weight excluding hydrogens is 214 g/mol. The van der Waals surface area contributed by atoms with Gasteiger partial charge >= 0.3 is 0 Å². The van der Waals surface area contributed by atoms with Crippen LogP contribution in [0.15, 0.2) is 30.3 Å². The average molecular weight is 227 g/mol. The number of nitrogens with zero attached hydrogens (tertiary/aromatic N) is 1. The van der Waals surface area contributed by atoms with E-state index in [9.17, 15) is 9.59 Å². The predicted molar refractivity (Wildman–Crippen MR) is 64.0 cm³/mol. The SMILES string of the molecule is C#CCN1C(=O)CC(C)(c2ccccc2)C1=O. The number of amides is 2. The molecule has 0 aliphatic carbocycles. The third-order valence-corrected chi connectivity index (χ3v) is 3.18. The Balaban J connectivity index is 2.39. The first-order chi connectivity index (χ1) is 8.09. The Kier molecular flexibility index (Phi) is 2.72. The van der Waals surface area contributed by atoms with Crippen LogP contribution in [-0.4, -0.2) is 23.3 Å². The topological polar surface area (TPSA) is 37.4 Å². The van der Waals surface area contributed by atoms with Gasteiger partial charge in [0.05, 0.1) is 12.0 Å². The predicted octanol–water partition coefficient (Wildman–Crippen LogP) is 1.34. The average Bonchev–Trinajstić information content (AvgIpc) is 2.56. The van der Waals surface area contributed by atoms with Gasteiger partial charge in [-0.1, -0.05) is 36.3 Å². The quantitative estimate of drug-likeness (QED) is 0.564. The molecule has 2 amide bonds. The van der Waals surface area contributed by atoms with Gasteiger partial charge in [0.15, 0.2) is 0 Å². The lowest BCUT2D eigenvalue weighted by Crippen LogP contribution is -2.36. The van der Waals surface area contributed by atoms with E-state index in [1.54, 1.807) is 6.92 Å². The monoisotopic (exact) mass is 227 g/mol. The van der Waals surface area contributed by atoms with Crippen molar-refractivity contribution in [3.05, 3.63) is 35.9 Å². The molecule has 0 radical (unpaired) electrons. The van der Waals surface area contributed by atoms with Crippen molar-refractivity contribution in [2.75, 3.05) is 6.54 Å². The Bertz CT molecular complexity index is 501. The maximum Gasteiger partial charge on any atom is 0.240 e. The highest BCUT2D eigenvalue weighted by molar-refractivity contribution is 6.08. The van der Waals surface area contributed by atoms with Gasteiger partial charge in [-0.15, -0.1) is 6.42 Å². The maximum absolute atomic E-state index is 12.2. The van der Waals surface area contributed by atoms with Crippen molar-refractivity contribution in [1.29, 1.82) is 0 Å². The standard InChI is InChI=1S/C14H13NO2/c1-3-9-15-12(16)10-14(2,13(15)17)11-7-5-4-6-8-11/h1,4-8H,9-10H2,2H3. The summed E-state index contributed by atoms with van der Waals surface area (Å²) >= 11 is 0. The lowest BCUT2D eigenvalue weighted by molar-refractivity contribution is -0.138. The highest BCUT2D eigenvalue weighted by atomic mass is 16.2. The molecule has 1 aliphatic rings. The number of benzene rings is 1. The summed E-state index contributed by atoms with van der Waals surface area (Å²) < 4.78 is 0. The number of carbonyl (C=O) groups excluding carboxylic acids is 2. The summed E-state index contributed by atoms with van der Waals surface area (Å²) in [7, 11) is 0. The van der Waals surface area contributed by atoms with Gasteiger partial charge < -0.3 is 0 Å².